The van der Waals surface area contributed by atoms with Crippen LogP contribution in [0.25, 0.3) is 11.1 Å². The molecule has 2 rings (SSSR count). The van der Waals surface area contributed by atoms with Crippen molar-refractivity contribution in [3.05, 3.63) is 40.4 Å². The molecule has 0 aromatic carbocycles. The van der Waals surface area contributed by atoms with E-state index in [2.05, 4.69) is 6.92 Å². The van der Waals surface area contributed by atoms with Crippen molar-refractivity contribution in [3.63, 3.8) is 0 Å². The van der Waals surface area contributed by atoms with E-state index in [1.165, 1.54) is 0 Å². The van der Waals surface area contributed by atoms with Crippen molar-refractivity contribution in [2.75, 3.05) is 0 Å². The Bertz CT molecular complexity index is 318. The first kappa shape index (κ1) is 7.14. The smallest absolute Gasteiger partial charge is 0.0495 e. The van der Waals surface area contributed by atoms with Gasteiger partial charge in [-0.1, -0.05) is 11.6 Å². The van der Waals surface area contributed by atoms with E-state index in [4.69, 9.17) is 11.6 Å². The summed E-state index contributed by atoms with van der Waals surface area (Å²) in [6.45, 7) is 3.89. The zero-order chi connectivity index (χ0) is 7.84. The Balaban J connectivity index is 2.81. The highest BCUT2D eigenvalue weighted by Crippen LogP contribution is 2.35. The second-order valence-corrected chi connectivity index (χ2v) is 3.59. The minimum atomic E-state index is 0.807. The molecular formula is C9H6ClS. The molecule has 11 heavy (non-hydrogen) atoms. The van der Waals surface area contributed by atoms with Gasteiger partial charge in [0.15, 0.2) is 0 Å². The normalized spacial score (nSPS) is 10.7. The van der Waals surface area contributed by atoms with Crippen LogP contribution in [0.15, 0.2) is 22.9 Å². The van der Waals surface area contributed by atoms with Gasteiger partial charge in [0.25, 0.3) is 0 Å². The Labute approximate surface area is 74.8 Å². The van der Waals surface area contributed by atoms with E-state index in [-0.39, 0.29) is 0 Å². The topological polar surface area (TPSA) is 0 Å². The monoisotopic (exact) mass is 181 g/mol. The van der Waals surface area contributed by atoms with Gasteiger partial charge in [-0.05, 0) is 35.6 Å². The van der Waals surface area contributed by atoms with Crippen LogP contribution in [-0.2, 0) is 0 Å². The molecule has 0 amide bonds. The van der Waals surface area contributed by atoms with Crippen molar-refractivity contribution < 1.29 is 0 Å². The van der Waals surface area contributed by atoms with Gasteiger partial charge in [0.2, 0.25) is 0 Å². The fraction of sp³-hybridized carbons (Fsp3) is 0. The molecule has 2 aliphatic rings. The van der Waals surface area contributed by atoms with Gasteiger partial charge < -0.3 is 0 Å². The Morgan fingerprint density at radius 2 is 2.18 bits per heavy atom. The molecule has 0 saturated heterocycles. The van der Waals surface area contributed by atoms with Crippen LogP contribution in [0.3, 0.4) is 0 Å². The summed E-state index contributed by atoms with van der Waals surface area (Å²) in [5.41, 5.74) is 3.29. The van der Waals surface area contributed by atoms with Crippen LogP contribution in [-0.4, -0.2) is 0 Å². The lowest BCUT2D eigenvalue weighted by Gasteiger charge is -1.97. The van der Waals surface area contributed by atoms with Gasteiger partial charge in [-0.2, -0.15) is 11.3 Å². The molecule has 0 saturated carbocycles. The van der Waals surface area contributed by atoms with Crippen molar-refractivity contribution in [1.29, 1.82) is 0 Å². The van der Waals surface area contributed by atoms with Gasteiger partial charge in [-0.3, -0.25) is 0 Å². The van der Waals surface area contributed by atoms with Crippen molar-refractivity contribution in [1.82, 2.24) is 0 Å². The fourth-order valence-electron chi connectivity index (χ4n) is 1.14. The van der Waals surface area contributed by atoms with E-state index in [1.807, 2.05) is 22.9 Å². The third-order valence-electron chi connectivity index (χ3n) is 1.69. The molecule has 0 aromatic rings. The lowest BCUT2D eigenvalue weighted by molar-refractivity contribution is 1.74. The molecule has 1 aliphatic carbocycles. The molecule has 1 heterocycles. The molecule has 0 fully saturated rings. The van der Waals surface area contributed by atoms with E-state index < -0.39 is 0 Å². The van der Waals surface area contributed by atoms with Crippen LogP contribution < -0.4 is 0 Å². The summed E-state index contributed by atoms with van der Waals surface area (Å²) in [5, 5.41) is 4.89. The maximum absolute atomic E-state index is 5.94. The third kappa shape index (κ3) is 1.05. The van der Waals surface area contributed by atoms with Crippen LogP contribution in [0.4, 0.5) is 0 Å². The van der Waals surface area contributed by atoms with Gasteiger partial charge in [0.05, 0.1) is 0 Å². The zero-order valence-electron chi connectivity index (χ0n) is 5.80. The van der Waals surface area contributed by atoms with Gasteiger partial charge in [0, 0.05) is 16.0 Å². The summed E-state index contributed by atoms with van der Waals surface area (Å²) in [4.78, 5) is 0. The van der Waals surface area contributed by atoms with E-state index in [1.54, 1.807) is 11.3 Å². The predicted octanol–water partition coefficient (Wildman–Crippen LogP) is 3.69. The Morgan fingerprint density at radius 3 is 2.91 bits per heavy atom. The highest BCUT2D eigenvalue weighted by atomic mass is 35.5. The molecule has 0 unspecified atom stereocenters. The van der Waals surface area contributed by atoms with Crippen LogP contribution in [0, 0.1) is 6.92 Å². The van der Waals surface area contributed by atoms with Gasteiger partial charge >= 0.3 is 0 Å². The summed E-state index contributed by atoms with van der Waals surface area (Å²) < 4.78 is 0. The summed E-state index contributed by atoms with van der Waals surface area (Å²) in [5.74, 6) is 0. The van der Waals surface area contributed by atoms with E-state index in [0.29, 0.717) is 0 Å². The molecule has 2 heteroatoms. The minimum absolute atomic E-state index is 0.807. The second kappa shape index (κ2) is 2.50. The zero-order valence-corrected chi connectivity index (χ0v) is 7.38. The van der Waals surface area contributed by atoms with Gasteiger partial charge in [0.1, 0.15) is 0 Å². The number of fused-ring (bicyclic) bond motifs is 1. The first-order valence-electron chi connectivity index (χ1n) is 3.25. The number of halogens is 1. The standard InChI is InChI=1S/C9H6ClS/c1-6-4-9(10)8-5-11-3-2-7(6)8/h2-5H,1H2. The van der Waals surface area contributed by atoms with Gasteiger partial charge in [-0.25, -0.2) is 0 Å². The Kier molecular flexibility index (Phi) is 1.63. The third-order valence-corrected chi connectivity index (χ3v) is 2.67. The number of hydrogen-bond acceptors (Lipinski definition) is 1. The average Bonchev–Trinajstić information content (AvgIpc) is 2.30. The first-order valence-corrected chi connectivity index (χ1v) is 4.57. The highest BCUT2D eigenvalue weighted by Gasteiger charge is 2.09. The van der Waals surface area contributed by atoms with E-state index >= 15 is 0 Å². The van der Waals surface area contributed by atoms with Crippen molar-refractivity contribution in [2.24, 2.45) is 0 Å². The summed E-state index contributed by atoms with van der Waals surface area (Å²) in [6.07, 6.45) is 0. The molecule has 0 atom stereocenters. The molecule has 0 bridgehead atoms. The molecule has 0 spiro atoms. The van der Waals surface area contributed by atoms with E-state index in [9.17, 15) is 0 Å². The summed E-state index contributed by atoms with van der Waals surface area (Å²) in [6, 6.07) is 3.95. The number of rotatable bonds is 0. The second-order valence-electron chi connectivity index (χ2n) is 2.40. The van der Waals surface area contributed by atoms with Crippen molar-refractivity contribution >= 4 is 22.9 Å². The predicted molar refractivity (Wildman–Crippen MR) is 50.4 cm³/mol. The molecule has 55 valence electrons. The van der Waals surface area contributed by atoms with Crippen LogP contribution in [0.2, 0.25) is 5.02 Å². The molecular weight excluding hydrogens is 176 g/mol. The maximum Gasteiger partial charge on any atom is 0.0495 e. The molecule has 1 aliphatic heterocycles. The fourth-order valence-corrected chi connectivity index (χ4v) is 2.18. The van der Waals surface area contributed by atoms with Crippen molar-refractivity contribution in [2.45, 2.75) is 0 Å². The Morgan fingerprint density at radius 1 is 1.36 bits per heavy atom. The summed E-state index contributed by atoms with van der Waals surface area (Å²) in [7, 11) is 0. The lowest BCUT2D eigenvalue weighted by Crippen LogP contribution is -1.71. The lowest BCUT2D eigenvalue weighted by atomic mass is 10.1. The van der Waals surface area contributed by atoms with Crippen LogP contribution in [0.5, 0.6) is 0 Å². The number of hydrogen-bond donors (Lipinski definition) is 0. The molecule has 1 radical (unpaired) electrons. The molecule has 0 nitrogen and oxygen atoms in total. The minimum Gasteiger partial charge on any atom is -0.152 e. The quantitative estimate of drug-likeness (QED) is 0.582. The SMILES string of the molecule is [CH2]c1cc(Cl)c2csccc1-2. The Hall–Kier alpha value is -0.530. The van der Waals surface area contributed by atoms with Gasteiger partial charge in [-0.15, -0.1) is 0 Å². The van der Waals surface area contributed by atoms with Crippen LogP contribution in [0.1, 0.15) is 5.56 Å². The summed E-state index contributed by atoms with van der Waals surface area (Å²) >= 11 is 7.59. The largest absolute Gasteiger partial charge is 0.152 e. The van der Waals surface area contributed by atoms with Crippen molar-refractivity contribution in [3.8, 4) is 11.1 Å². The average molecular weight is 182 g/mol. The highest BCUT2D eigenvalue weighted by molar-refractivity contribution is 7.08. The molecule has 0 aromatic heterocycles. The molecule has 0 N–H and O–H groups in total. The van der Waals surface area contributed by atoms with E-state index in [0.717, 1.165) is 21.7 Å². The van der Waals surface area contributed by atoms with Crippen LogP contribution >= 0.6 is 22.9 Å². The maximum atomic E-state index is 5.94. The first-order chi connectivity index (χ1) is 5.29.